The van der Waals surface area contributed by atoms with Crippen molar-refractivity contribution in [3.63, 3.8) is 0 Å². The fraction of sp³-hybridized carbons (Fsp3) is 0.750. The SMILES string of the molecule is CO[C@@H](C)C(=O)Cl. The summed E-state index contributed by atoms with van der Waals surface area (Å²) in [6, 6.07) is 0. The van der Waals surface area contributed by atoms with Gasteiger partial charge in [-0.1, -0.05) is 0 Å². The Morgan fingerprint density at radius 1 is 1.86 bits per heavy atom. The second-order valence-electron chi connectivity index (χ2n) is 1.18. The molecule has 0 aliphatic heterocycles. The van der Waals surface area contributed by atoms with Crippen LogP contribution >= 0.6 is 11.6 Å². The minimum absolute atomic E-state index is 0.456. The van der Waals surface area contributed by atoms with Gasteiger partial charge in [0, 0.05) is 7.11 Å². The molecule has 0 rings (SSSR count). The first-order chi connectivity index (χ1) is 3.18. The Kier molecular flexibility index (Phi) is 2.96. The van der Waals surface area contributed by atoms with E-state index in [0.29, 0.717) is 0 Å². The number of hydrogen-bond donors (Lipinski definition) is 0. The van der Waals surface area contributed by atoms with Gasteiger partial charge in [0.25, 0.3) is 0 Å². The van der Waals surface area contributed by atoms with Gasteiger partial charge in [0.1, 0.15) is 6.10 Å². The summed E-state index contributed by atoms with van der Waals surface area (Å²) in [7, 11) is 1.44. The third-order valence-electron chi connectivity index (χ3n) is 0.673. The highest BCUT2D eigenvalue weighted by molar-refractivity contribution is 6.64. The highest BCUT2D eigenvalue weighted by Gasteiger charge is 2.05. The van der Waals surface area contributed by atoms with Crippen molar-refractivity contribution in [1.82, 2.24) is 0 Å². The molecule has 0 aromatic heterocycles. The van der Waals surface area contributed by atoms with E-state index in [-0.39, 0.29) is 0 Å². The third kappa shape index (κ3) is 2.60. The Labute approximate surface area is 47.4 Å². The average molecular weight is 123 g/mol. The number of rotatable bonds is 2. The molecule has 0 saturated heterocycles. The first-order valence-electron chi connectivity index (χ1n) is 1.90. The van der Waals surface area contributed by atoms with E-state index < -0.39 is 11.3 Å². The molecule has 0 aliphatic carbocycles. The lowest BCUT2D eigenvalue weighted by molar-refractivity contribution is -0.119. The van der Waals surface area contributed by atoms with Crippen molar-refractivity contribution in [1.29, 1.82) is 0 Å². The van der Waals surface area contributed by atoms with Crippen LogP contribution in [0.25, 0.3) is 0 Å². The summed E-state index contributed by atoms with van der Waals surface area (Å²) >= 11 is 4.96. The molecule has 0 unspecified atom stereocenters. The highest BCUT2D eigenvalue weighted by Crippen LogP contribution is 1.91. The fourth-order valence-corrected chi connectivity index (χ4v) is 0.182. The Balaban J connectivity index is 3.34. The van der Waals surface area contributed by atoms with Gasteiger partial charge in [-0.05, 0) is 18.5 Å². The number of carbonyl (C=O) groups excluding carboxylic acids is 1. The summed E-state index contributed by atoms with van der Waals surface area (Å²) in [5, 5.41) is -0.456. The van der Waals surface area contributed by atoms with Crippen LogP contribution in [-0.2, 0) is 9.53 Å². The molecule has 2 nitrogen and oxygen atoms in total. The van der Waals surface area contributed by atoms with E-state index >= 15 is 0 Å². The zero-order valence-electron chi connectivity index (χ0n) is 4.27. The normalized spacial score (nSPS) is 13.6. The number of ether oxygens (including phenoxy) is 1. The van der Waals surface area contributed by atoms with Crippen molar-refractivity contribution in [3.05, 3.63) is 0 Å². The van der Waals surface area contributed by atoms with Gasteiger partial charge in [-0.25, -0.2) is 0 Å². The zero-order chi connectivity index (χ0) is 5.86. The smallest absolute Gasteiger partial charge is 0.250 e. The summed E-state index contributed by atoms with van der Waals surface area (Å²) in [5.41, 5.74) is 0. The van der Waals surface area contributed by atoms with Crippen LogP contribution in [-0.4, -0.2) is 18.5 Å². The Morgan fingerprint density at radius 2 is 2.29 bits per heavy atom. The molecule has 0 bridgehead atoms. The zero-order valence-corrected chi connectivity index (χ0v) is 5.03. The molecule has 0 spiro atoms. The van der Waals surface area contributed by atoms with Gasteiger partial charge in [-0.3, -0.25) is 4.79 Å². The van der Waals surface area contributed by atoms with E-state index in [1.807, 2.05) is 0 Å². The van der Waals surface area contributed by atoms with Crippen LogP contribution in [0.15, 0.2) is 0 Å². The predicted molar refractivity (Wildman–Crippen MR) is 27.3 cm³/mol. The lowest BCUT2D eigenvalue weighted by Crippen LogP contribution is -2.12. The molecule has 0 radical (unpaired) electrons. The molecule has 7 heavy (non-hydrogen) atoms. The molecule has 42 valence electrons. The molecule has 0 fully saturated rings. The largest absolute Gasteiger partial charge is 0.373 e. The Bertz CT molecular complexity index is 72.1. The predicted octanol–water partition coefficient (Wildman–Crippen LogP) is 0.787. The molecule has 0 N–H and O–H groups in total. The second kappa shape index (κ2) is 2.99. The van der Waals surface area contributed by atoms with Crippen LogP contribution in [0.5, 0.6) is 0 Å². The van der Waals surface area contributed by atoms with Crippen LogP contribution in [0, 0.1) is 0 Å². The van der Waals surface area contributed by atoms with Gasteiger partial charge in [0.2, 0.25) is 5.24 Å². The first-order valence-corrected chi connectivity index (χ1v) is 2.28. The van der Waals surface area contributed by atoms with Crippen molar-refractivity contribution >= 4 is 16.8 Å². The van der Waals surface area contributed by atoms with Crippen LogP contribution in [0.2, 0.25) is 0 Å². The van der Waals surface area contributed by atoms with E-state index in [1.54, 1.807) is 6.92 Å². The molecule has 0 aromatic rings. The van der Waals surface area contributed by atoms with Gasteiger partial charge in [0.15, 0.2) is 0 Å². The average Bonchev–Trinajstić information content (AvgIpc) is 1.65. The topological polar surface area (TPSA) is 26.3 Å². The summed E-state index contributed by atoms with van der Waals surface area (Å²) in [6.45, 7) is 1.59. The van der Waals surface area contributed by atoms with E-state index in [2.05, 4.69) is 4.74 Å². The van der Waals surface area contributed by atoms with Crippen LogP contribution < -0.4 is 0 Å². The van der Waals surface area contributed by atoms with Gasteiger partial charge >= 0.3 is 0 Å². The van der Waals surface area contributed by atoms with E-state index in [0.717, 1.165) is 0 Å². The maximum atomic E-state index is 10.0. The molecule has 3 heteroatoms. The third-order valence-corrected chi connectivity index (χ3v) is 0.980. The van der Waals surface area contributed by atoms with Crippen LogP contribution in [0.3, 0.4) is 0 Å². The number of hydrogen-bond acceptors (Lipinski definition) is 2. The summed E-state index contributed by atoms with van der Waals surface area (Å²) in [4.78, 5) is 10.0. The molecule has 1 atom stereocenters. The van der Waals surface area contributed by atoms with Gasteiger partial charge in [-0.2, -0.15) is 0 Å². The molecule has 0 aliphatic rings. The van der Waals surface area contributed by atoms with Gasteiger partial charge in [0.05, 0.1) is 0 Å². The molecular weight excluding hydrogens is 115 g/mol. The monoisotopic (exact) mass is 122 g/mol. The lowest BCUT2D eigenvalue weighted by Gasteiger charge is -1.98. The van der Waals surface area contributed by atoms with E-state index in [4.69, 9.17) is 11.6 Å². The number of methoxy groups -OCH3 is 1. The van der Waals surface area contributed by atoms with Crippen molar-refractivity contribution in [2.75, 3.05) is 7.11 Å². The van der Waals surface area contributed by atoms with Crippen molar-refractivity contribution in [2.45, 2.75) is 13.0 Å². The highest BCUT2D eigenvalue weighted by atomic mass is 35.5. The molecule has 0 aromatic carbocycles. The summed E-state index contributed by atoms with van der Waals surface area (Å²) < 4.78 is 4.53. The number of halogens is 1. The Hall–Kier alpha value is -0.0800. The number of carbonyl (C=O) groups is 1. The summed E-state index contributed by atoms with van der Waals surface area (Å²) in [5.74, 6) is 0. The van der Waals surface area contributed by atoms with E-state index in [9.17, 15) is 4.79 Å². The fourth-order valence-electron chi connectivity index (χ4n) is 0.0927. The minimum Gasteiger partial charge on any atom is -0.373 e. The van der Waals surface area contributed by atoms with Crippen molar-refractivity contribution < 1.29 is 9.53 Å². The molecule has 0 amide bonds. The van der Waals surface area contributed by atoms with Crippen molar-refractivity contribution in [2.24, 2.45) is 0 Å². The maximum Gasteiger partial charge on any atom is 0.250 e. The first kappa shape index (κ1) is 6.92. The minimum atomic E-state index is -0.471. The quantitative estimate of drug-likeness (QED) is 0.506. The Morgan fingerprint density at radius 3 is 2.29 bits per heavy atom. The molecule has 0 heterocycles. The standard InChI is InChI=1S/C4H7ClO2/c1-3(7-2)4(5)6/h3H,1-2H3/t3-/m0/s1. The second-order valence-corrected chi connectivity index (χ2v) is 1.55. The molecular formula is C4H7ClO2. The molecule has 0 saturated carbocycles. The maximum absolute atomic E-state index is 10.0. The van der Waals surface area contributed by atoms with Crippen LogP contribution in [0.1, 0.15) is 6.92 Å². The lowest BCUT2D eigenvalue weighted by atomic mass is 10.5. The van der Waals surface area contributed by atoms with Crippen LogP contribution in [0.4, 0.5) is 0 Å². The van der Waals surface area contributed by atoms with Gasteiger partial charge < -0.3 is 4.74 Å². The van der Waals surface area contributed by atoms with Crippen molar-refractivity contribution in [3.8, 4) is 0 Å². The van der Waals surface area contributed by atoms with Gasteiger partial charge in [-0.15, -0.1) is 0 Å². The summed E-state index contributed by atoms with van der Waals surface area (Å²) in [6.07, 6.45) is -0.471. The van der Waals surface area contributed by atoms with E-state index in [1.165, 1.54) is 7.11 Å².